The van der Waals surface area contributed by atoms with E-state index < -0.39 is 5.54 Å². The predicted octanol–water partition coefficient (Wildman–Crippen LogP) is 3.79. The Hall–Kier alpha value is -1.96. The molecule has 0 saturated heterocycles. The van der Waals surface area contributed by atoms with Gasteiger partial charge in [-0.1, -0.05) is 17.8 Å². The summed E-state index contributed by atoms with van der Waals surface area (Å²) < 4.78 is 19.3. The maximum absolute atomic E-state index is 5.80. The molecule has 1 aliphatic carbocycles. The van der Waals surface area contributed by atoms with Crippen molar-refractivity contribution in [2.45, 2.75) is 37.4 Å². The van der Waals surface area contributed by atoms with Crippen LogP contribution < -0.4 is 4.90 Å². The van der Waals surface area contributed by atoms with Crippen molar-refractivity contribution in [3.63, 3.8) is 0 Å². The molecule has 3 aliphatic rings. The molecule has 3 heterocycles. The van der Waals surface area contributed by atoms with Gasteiger partial charge in [-0.25, -0.2) is 4.98 Å². The normalized spacial score (nSPS) is 25.8. The van der Waals surface area contributed by atoms with Gasteiger partial charge in [0.1, 0.15) is 16.7 Å². The topological polar surface area (TPSA) is 48.8 Å². The van der Waals surface area contributed by atoms with Gasteiger partial charge in [0.15, 0.2) is 5.88 Å². The molecule has 7 heteroatoms. The maximum atomic E-state index is 5.80. The first kappa shape index (κ1) is 18.4. The fourth-order valence-electron chi connectivity index (χ4n) is 4.30. The Morgan fingerprint density at radius 3 is 2.81 bits per heavy atom. The number of hydrogen-bond donors (Lipinski definition) is 0. The summed E-state index contributed by atoms with van der Waals surface area (Å²) in [5.41, 5.74) is 3.07. The molecule has 0 N–H and O–H groups in total. The lowest BCUT2D eigenvalue weighted by molar-refractivity contribution is 0.157. The second-order valence-electron chi connectivity index (χ2n) is 6.75. The number of rotatable bonds is 6. The van der Waals surface area contributed by atoms with Gasteiger partial charge in [-0.05, 0) is 50.1 Å². The Bertz CT molecular complexity index is 883. The van der Waals surface area contributed by atoms with Crippen LogP contribution in [0.4, 0.5) is 5.95 Å². The molecule has 1 aromatic heterocycles. The highest BCUT2D eigenvalue weighted by Crippen LogP contribution is 2.53. The fraction of sp³-hybridized carbons (Fsp3) is 0.450. The highest BCUT2D eigenvalue weighted by Gasteiger charge is 2.53. The lowest BCUT2D eigenvalue weighted by atomic mass is 9.80. The summed E-state index contributed by atoms with van der Waals surface area (Å²) in [6.45, 7) is 6.96. The van der Waals surface area contributed by atoms with E-state index in [4.69, 9.17) is 19.2 Å². The van der Waals surface area contributed by atoms with Gasteiger partial charge in [0.25, 0.3) is 0 Å². The van der Waals surface area contributed by atoms with Gasteiger partial charge < -0.3 is 14.2 Å². The highest BCUT2D eigenvalue weighted by atomic mass is 32.2. The number of methoxy groups -OCH3 is 2. The Balaban J connectivity index is 1.92. The molecule has 1 aromatic rings. The van der Waals surface area contributed by atoms with Crippen molar-refractivity contribution in [1.82, 2.24) is 9.55 Å². The SMILES string of the molecule is CCOCSc1cnc2n1C1=C(C)C(OC)C(C)=CC13C=CC=C(OC)N23. The summed E-state index contributed by atoms with van der Waals surface area (Å²) in [5, 5.41) is 1.05. The number of anilines is 1. The Morgan fingerprint density at radius 1 is 1.30 bits per heavy atom. The first-order valence-corrected chi connectivity index (χ1v) is 10.0. The maximum Gasteiger partial charge on any atom is 0.219 e. The van der Waals surface area contributed by atoms with Crippen LogP contribution in [0, 0.1) is 0 Å². The molecule has 0 amide bonds. The molecule has 1 spiro atoms. The van der Waals surface area contributed by atoms with Crippen LogP contribution in [0.1, 0.15) is 20.8 Å². The van der Waals surface area contributed by atoms with Crippen molar-refractivity contribution in [2.24, 2.45) is 0 Å². The first-order valence-electron chi connectivity index (χ1n) is 9.04. The van der Waals surface area contributed by atoms with Crippen LogP contribution in [0.25, 0.3) is 5.70 Å². The second-order valence-corrected chi connectivity index (χ2v) is 7.69. The molecule has 0 bridgehead atoms. The molecule has 27 heavy (non-hydrogen) atoms. The van der Waals surface area contributed by atoms with Gasteiger partial charge in [-0.2, -0.15) is 0 Å². The third kappa shape index (κ3) is 2.52. The van der Waals surface area contributed by atoms with E-state index in [0.29, 0.717) is 12.5 Å². The molecule has 2 atom stereocenters. The van der Waals surface area contributed by atoms with Crippen LogP contribution in [0.3, 0.4) is 0 Å². The van der Waals surface area contributed by atoms with Crippen molar-refractivity contribution in [1.29, 1.82) is 0 Å². The van der Waals surface area contributed by atoms with E-state index in [-0.39, 0.29) is 6.10 Å². The second kappa shape index (κ2) is 6.89. The molecule has 4 rings (SSSR count). The van der Waals surface area contributed by atoms with Gasteiger partial charge in [0, 0.05) is 13.7 Å². The van der Waals surface area contributed by atoms with E-state index in [9.17, 15) is 0 Å². The third-order valence-corrected chi connectivity index (χ3v) is 6.13. The molecule has 144 valence electrons. The number of ether oxygens (including phenoxy) is 3. The van der Waals surface area contributed by atoms with Crippen molar-refractivity contribution in [3.8, 4) is 0 Å². The number of allylic oxidation sites excluding steroid dienone is 2. The zero-order chi connectivity index (χ0) is 19.2. The Morgan fingerprint density at radius 2 is 2.11 bits per heavy atom. The van der Waals surface area contributed by atoms with Gasteiger partial charge in [0.05, 0.1) is 24.9 Å². The van der Waals surface area contributed by atoms with E-state index in [1.165, 1.54) is 11.1 Å². The minimum absolute atomic E-state index is 0.0455. The van der Waals surface area contributed by atoms with Gasteiger partial charge in [-0.15, -0.1) is 0 Å². The number of hydrogen-bond acceptors (Lipinski definition) is 6. The number of nitrogens with zero attached hydrogens (tertiary/aromatic N) is 3. The highest BCUT2D eigenvalue weighted by molar-refractivity contribution is 7.99. The molecule has 0 saturated carbocycles. The molecule has 0 radical (unpaired) electrons. The lowest BCUT2D eigenvalue weighted by Crippen LogP contribution is -2.47. The largest absolute Gasteiger partial charge is 0.482 e. The Labute approximate surface area is 164 Å². The number of imidazole rings is 1. The van der Waals surface area contributed by atoms with Crippen LogP contribution >= 0.6 is 11.8 Å². The fourth-order valence-corrected chi connectivity index (χ4v) is 5.10. The molecule has 0 aromatic carbocycles. The lowest BCUT2D eigenvalue weighted by Gasteiger charge is -2.41. The first-order chi connectivity index (χ1) is 13.1. The standard InChI is InChI=1S/C20H25N3O3S/c1-6-26-12-27-16-11-21-19-22(16)18-14(3)17(25-5)13(2)10-20(18)9-7-8-15(24-4)23(19)20/h7-11,17H,6,12H2,1-5H3. The zero-order valence-corrected chi connectivity index (χ0v) is 17.2. The van der Waals surface area contributed by atoms with E-state index in [2.05, 4.69) is 41.5 Å². The number of thioether (sulfide) groups is 1. The van der Waals surface area contributed by atoms with Crippen LogP contribution in [-0.2, 0) is 14.2 Å². The third-order valence-electron chi connectivity index (χ3n) is 5.26. The molecular weight excluding hydrogens is 362 g/mol. The smallest absolute Gasteiger partial charge is 0.219 e. The zero-order valence-electron chi connectivity index (χ0n) is 16.4. The van der Waals surface area contributed by atoms with Crippen LogP contribution in [0.2, 0.25) is 0 Å². The summed E-state index contributed by atoms with van der Waals surface area (Å²) in [5.74, 6) is 2.21. The quantitative estimate of drug-likeness (QED) is 0.320. The van der Waals surface area contributed by atoms with Crippen LogP contribution in [0.5, 0.6) is 0 Å². The van der Waals surface area contributed by atoms with E-state index in [1.54, 1.807) is 26.0 Å². The molecule has 6 nitrogen and oxygen atoms in total. The van der Waals surface area contributed by atoms with Crippen molar-refractivity contribution < 1.29 is 14.2 Å². The van der Waals surface area contributed by atoms with Gasteiger partial charge in [0.2, 0.25) is 5.95 Å². The summed E-state index contributed by atoms with van der Waals surface area (Å²) >= 11 is 1.65. The van der Waals surface area contributed by atoms with E-state index in [0.717, 1.165) is 22.6 Å². The van der Waals surface area contributed by atoms with E-state index >= 15 is 0 Å². The molecule has 0 fully saturated rings. The van der Waals surface area contributed by atoms with Crippen LogP contribution in [-0.4, -0.2) is 48.0 Å². The van der Waals surface area contributed by atoms with E-state index in [1.807, 2.05) is 19.2 Å². The minimum Gasteiger partial charge on any atom is -0.482 e. The summed E-state index contributed by atoms with van der Waals surface area (Å²) in [7, 11) is 3.45. The predicted molar refractivity (Wildman–Crippen MR) is 107 cm³/mol. The summed E-state index contributed by atoms with van der Waals surface area (Å²) in [4.78, 5) is 6.90. The van der Waals surface area contributed by atoms with Crippen molar-refractivity contribution >= 4 is 23.4 Å². The molecule has 2 unspecified atom stereocenters. The molecule has 2 aliphatic heterocycles. The minimum atomic E-state index is -0.451. The van der Waals surface area contributed by atoms with Crippen molar-refractivity contribution in [3.05, 3.63) is 47.5 Å². The Kier molecular flexibility index (Phi) is 4.70. The van der Waals surface area contributed by atoms with Crippen LogP contribution in [0.15, 0.2) is 52.6 Å². The monoisotopic (exact) mass is 387 g/mol. The summed E-state index contributed by atoms with van der Waals surface area (Å²) in [6, 6.07) is 0. The molecular formula is C20H25N3O3S. The van der Waals surface area contributed by atoms with Gasteiger partial charge in [-0.3, -0.25) is 9.47 Å². The summed E-state index contributed by atoms with van der Waals surface area (Å²) in [6.07, 6.45) is 10.4. The number of fused-ring (bicyclic) bond motifs is 3. The average molecular weight is 388 g/mol. The average Bonchev–Trinajstić information content (AvgIpc) is 3.17. The number of aromatic nitrogens is 2. The van der Waals surface area contributed by atoms with Gasteiger partial charge >= 0.3 is 0 Å². The van der Waals surface area contributed by atoms with Crippen molar-refractivity contribution in [2.75, 3.05) is 31.7 Å².